The summed E-state index contributed by atoms with van der Waals surface area (Å²) < 4.78 is 16.3. The fourth-order valence-corrected chi connectivity index (χ4v) is 6.09. The second-order valence-corrected chi connectivity index (χ2v) is 10.4. The zero-order valence-corrected chi connectivity index (χ0v) is 21.7. The minimum atomic E-state index is -0.235. The van der Waals surface area contributed by atoms with Gasteiger partial charge in [0.15, 0.2) is 0 Å². The molecule has 0 bridgehead atoms. The van der Waals surface area contributed by atoms with E-state index in [4.69, 9.17) is 0 Å². The topological polar surface area (TPSA) is 4.93 Å². The van der Waals surface area contributed by atoms with Gasteiger partial charge in [0.2, 0.25) is 0 Å². The lowest BCUT2D eigenvalue weighted by atomic mass is 9.94. The summed E-state index contributed by atoms with van der Waals surface area (Å²) in [6.45, 7) is 0. The zero-order valence-electron chi connectivity index (χ0n) is 21.7. The van der Waals surface area contributed by atoms with Gasteiger partial charge in [0, 0.05) is 16.5 Å². The minimum Gasteiger partial charge on any atom is -0.309 e. The van der Waals surface area contributed by atoms with Gasteiger partial charge in [0.05, 0.1) is 11.0 Å². The minimum absolute atomic E-state index is 0.235. The van der Waals surface area contributed by atoms with Gasteiger partial charge in [0.25, 0.3) is 0 Å². The molecule has 0 N–H and O–H groups in total. The predicted octanol–water partition coefficient (Wildman–Crippen LogP) is 10.5. The molecule has 0 fully saturated rings. The Balaban J connectivity index is 1.39. The lowest BCUT2D eigenvalue weighted by molar-refractivity contribution is 0.627. The Morgan fingerprint density at radius 3 is 1.30 bits per heavy atom. The highest BCUT2D eigenvalue weighted by atomic mass is 19.1. The highest BCUT2D eigenvalue weighted by Gasteiger charge is 2.19. The van der Waals surface area contributed by atoms with Crippen LogP contribution in [0.25, 0.3) is 71.6 Å². The molecule has 2 heteroatoms. The van der Waals surface area contributed by atoms with Crippen LogP contribution in [0.1, 0.15) is 0 Å². The van der Waals surface area contributed by atoms with Gasteiger partial charge in [-0.3, -0.25) is 0 Å². The van der Waals surface area contributed by atoms with Gasteiger partial charge in [-0.25, -0.2) is 4.39 Å². The number of rotatable bonds is 4. The van der Waals surface area contributed by atoms with Gasteiger partial charge in [-0.1, -0.05) is 97.1 Å². The average molecular weight is 514 g/mol. The molecule has 0 amide bonds. The van der Waals surface area contributed by atoms with Crippen LogP contribution in [0.5, 0.6) is 0 Å². The third-order valence-electron chi connectivity index (χ3n) is 7.99. The first kappa shape index (κ1) is 22.7. The SMILES string of the molecule is Fc1ccc(-n2c3cc(-c4ccccc4)cc4ccc5cc(-c6ccc(-c7ccccc7)cc6)cc2c5c43)cc1. The van der Waals surface area contributed by atoms with E-state index in [2.05, 4.69) is 114 Å². The quantitative estimate of drug-likeness (QED) is 0.206. The number of benzene rings is 7. The highest BCUT2D eigenvalue weighted by Crippen LogP contribution is 2.43. The smallest absolute Gasteiger partial charge is 0.123 e. The van der Waals surface area contributed by atoms with Crippen molar-refractivity contribution in [1.82, 2.24) is 4.57 Å². The fourth-order valence-electron chi connectivity index (χ4n) is 6.09. The van der Waals surface area contributed by atoms with Gasteiger partial charge in [-0.2, -0.15) is 0 Å². The predicted molar refractivity (Wildman–Crippen MR) is 166 cm³/mol. The molecule has 8 rings (SSSR count). The van der Waals surface area contributed by atoms with Crippen molar-refractivity contribution in [2.75, 3.05) is 0 Å². The molecule has 0 saturated heterocycles. The number of hydrogen-bond acceptors (Lipinski definition) is 0. The van der Waals surface area contributed by atoms with E-state index in [0.29, 0.717) is 0 Å². The maximum absolute atomic E-state index is 14.0. The summed E-state index contributed by atoms with van der Waals surface area (Å²) in [4.78, 5) is 0. The molecule has 188 valence electrons. The molecule has 1 heterocycles. The van der Waals surface area contributed by atoms with E-state index in [9.17, 15) is 4.39 Å². The third kappa shape index (κ3) is 3.61. The van der Waals surface area contributed by atoms with E-state index >= 15 is 0 Å². The van der Waals surface area contributed by atoms with Crippen molar-refractivity contribution >= 4 is 32.6 Å². The van der Waals surface area contributed by atoms with Crippen molar-refractivity contribution in [3.05, 3.63) is 151 Å². The summed E-state index contributed by atoms with van der Waals surface area (Å²) in [5, 5.41) is 4.88. The molecule has 0 aliphatic heterocycles. The molecule has 0 unspecified atom stereocenters. The van der Waals surface area contributed by atoms with E-state index in [1.807, 2.05) is 24.3 Å². The summed E-state index contributed by atoms with van der Waals surface area (Å²) >= 11 is 0. The van der Waals surface area contributed by atoms with Crippen molar-refractivity contribution < 1.29 is 4.39 Å². The Labute approximate surface area is 231 Å². The van der Waals surface area contributed by atoms with Crippen LogP contribution in [0.15, 0.2) is 146 Å². The molecule has 1 nitrogen and oxygen atoms in total. The first-order valence-electron chi connectivity index (χ1n) is 13.5. The molecule has 0 spiro atoms. The lowest BCUT2D eigenvalue weighted by Gasteiger charge is -2.11. The molecule has 0 saturated carbocycles. The van der Waals surface area contributed by atoms with Crippen molar-refractivity contribution in [1.29, 1.82) is 0 Å². The van der Waals surface area contributed by atoms with Crippen LogP contribution in [-0.2, 0) is 0 Å². The molecular weight excluding hydrogens is 489 g/mol. The zero-order chi connectivity index (χ0) is 26.6. The van der Waals surface area contributed by atoms with E-state index in [1.54, 1.807) is 12.1 Å². The third-order valence-corrected chi connectivity index (χ3v) is 7.99. The number of aromatic nitrogens is 1. The molecule has 0 radical (unpaired) electrons. The standard InChI is InChI=1S/C38H24FN/c39-33-17-19-34(20-18-33)40-35-23-31(26-9-5-2-6-10-26)21-29-15-16-30-22-32(24-36(40)38(30)37(29)35)28-13-11-27(12-14-28)25-7-3-1-4-8-25/h1-24H. The molecular formula is C38H24FN. The summed E-state index contributed by atoms with van der Waals surface area (Å²) in [6.07, 6.45) is 0. The summed E-state index contributed by atoms with van der Waals surface area (Å²) in [7, 11) is 0. The van der Waals surface area contributed by atoms with Gasteiger partial charge in [-0.15, -0.1) is 0 Å². The summed E-state index contributed by atoms with van der Waals surface area (Å²) in [6, 6.07) is 50.1. The average Bonchev–Trinajstić information content (AvgIpc) is 3.36. The van der Waals surface area contributed by atoms with Crippen molar-refractivity contribution in [3.63, 3.8) is 0 Å². The van der Waals surface area contributed by atoms with Crippen molar-refractivity contribution in [3.8, 4) is 39.1 Å². The van der Waals surface area contributed by atoms with Gasteiger partial charge in [0.1, 0.15) is 5.82 Å². The largest absolute Gasteiger partial charge is 0.309 e. The van der Waals surface area contributed by atoms with Crippen LogP contribution in [0.2, 0.25) is 0 Å². The Kier molecular flexibility index (Phi) is 5.08. The molecule has 7 aromatic carbocycles. The Bertz CT molecular complexity index is 2120. The van der Waals surface area contributed by atoms with E-state index < -0.39 is 0 Å². The normalized spacial score (nSPS) is 11.6. The number of nitrogens with zero attached hydrogens (tertiary/aromatic N) is 1. The molecule has 1 aromatic heterocycles. The Morgan fingerprint density at radius 1 is 0.375 bits per heavy atom. The molecule has 0 atom stereocenters. The van der Waals surface area contributed by atoms with Gasteiger partial charge >= 0.3 is 0 Å². The van der Waals surface area contributed by atoms with Gasteiger partial charge < -0.3 is 4.57 Å². The highest BCUT2D eigenvalue weighted by molar-refractivity contribution is 6.25. The molecule has 0 aliphatic rings. The van der Waals surface area contributed by atoms with Crippen LogP contribution in [-0.4, -0.2) is 4.57 Å². The fraction of sp³-hybridized carbons (Fsp3) is 0. The van der Waals surface area contributed by atoms with Crippen LogP contribution in [0.3, 0.4) is 0 Å². The van der Waals surface area contributed by atoms with Crippen molar-refractivity contribution in [2.45, 2.75) is 0 Å². The van der Waals surface area contributed by atoms with E-state index in [1.165, 1.54) is 43.8 Å². The van der Waals surface area contributed by atoms with Crippen LogP contribution in [0.4, 0.5) is 4.39 Å². The number of hydrogen-bond donors (Lipinski definition) is 0. The first-order valence-corrected chi connectivity index (χ1v) is 13.5. The summed E-state index contributed by atoms with van der Waals surface area (Å²) in [5.74, 6) is -0.235. The molecule has 8 aromatic rings. The van der Waals surface area contributed by atoms with Crippen molar-refractivity contribution in [2.24, 2.45) is 0 Å². The second-order valence-electron chi connectivity index (χ2n) is 10.4. The first-order chi connectivity index (χ1) is 19.7. The summed E-state index contributed by atoms with van der Waals surface area (Å²) in [5.41, 5.74) is 10.3. The maximum atomic E-state index is 14.0. The van der Waals surface area contributed by atoms with Crippen LogP contribution < -0.4 is 0 Å². The second kappa shape index (κ2) is 8.93. The number of halogens is 1. The Hall–Kier alpha value is -5.21. The van der Waals surface area contributed by atoms with Crippen LogP contribution >= 0.6 is 0 Å². The monoisotopic (exact) mass is 513 g/mol. The molecule has 40 heavy (non-hydrogen) atoms. The lowest BCUT2D eigenvalue weighted by Crippen LogP contribution is -1.94. The van der Waals surface area contributed by atoms with Crippen LogP contribution in [0, 0.1) is 5.82 Å². The molecule has 0 aliphatic carbocycles. The Morgan fingerprint density at radius 2 is 0.800 bits per heavy atom. The maximum Gasteiger partial charge on any atom is 0.123 e. The van der Waals surface area contributed by atoms with E-state index in [-0.39, 0.29) is 5.82 Å². The van der Waals surface area contributed by atoms with Gasteiger partial charge in [-0.05, 0) is 92.7 Å². The van der Waals surface area contributed by atoms with E-state index in [0.717, 1.165) is 27.8 Å².